The molecule has 4 aliphatic rings. The largest absolute Gasteiger partial charge is 0.369 e. The molecule has 17 atom stereocenters. The van der Waals surface area contributed by atoms with Crippen molar-refractivity contribution in [2.24, 2.45) is 65.1 Å². The molecule has 1 unspecified atom stereocenters. The quantitative estimate of drug-likeness (QED) is 0.115. The Hall–Kier alpha value is -2.53. The van der Waals surface area contributed by atoms with Gasteiger partial charge in [0, 0.05) is 18.9 Å². The zero-order valence-electron chi connectivity index (χ0n) is 39.3. The molecule has 3 aliphatic heterocycles. The fourth-order valence-corrected chi connectivity index (χ4v) is 11.7. The monoisotopic (exact) mass is 886 g/mol. The molecule has 0 bridgehead atoms. The van der Waals surface area contributed by atoms with E-state index in [1.54, 1.807) is 7.11 Å². The maximum absolute atomic E-state index is 6.89. The third-order valence-corrected chi connectivity index (χ3v) is 16.6. The van der Waals surface area contributed by atoms with Gasteiger partial charge >= 0.3 is 0 Å². The third kappa shape index (κ3) is 10.8. The predicted molar refractivity (Wildman–Crippen MR) is 234 cm³/mol. The summed E-state index contributed by atoms with van der Waals surface area (Å²) in [5.41, 5.74) is 1.96. The summed E-state index contributed by atoms with van der Waals surface area (Å²) in [6.45, 7) is 25.8. The van der Waals surface area contributed by atoms with Gasteiger partial charge in [0.1, 0.15) is 17.1 Å². The van der Waals surface area contributed by atoms with Crippen LogP contribution in [0, 0.1) is 65.1 Å². The number of methoxy groups -OCH3 is 1. The van der Waals surface area contributed by atoms with Gasteiger partial charge in [-0.05, 0) is 78.9 Å². The van der Waals surface area contributed by atoms with E-state index in [-0.39, 0.29) is 42.4 Å². The van der Waals surface area contributed by atoms with Gasteiger partial charge in [-0.15, -0.1) is 26.9 Å². The third-order valence-electron chi connectivity index (χ3n) is 16.2. The second kappa shape index (κ2) is 20.8. The van der Waals surface area contributed by atoms with Crippen LogP contribution in [0.15, 0.2) is 18.6 Å². The minimum Gasteiger partial charge on any atom is -0.369 e. The summed E-state index contributed by atoms with van der Waals surface area (Å²) in [5, 5.41) is 26.4. The summed E-state index contributed by atoms with van der Waals surface area (Å²) in [4.78, 5) is 0. The molecule has 0 amide bonds. The smallest absolute Gasteiger partial charge is 0.161 e. The lowest BCUT2D eigenvalue weighted by Crippen LogP contribution is -2.47. The minimum atomic E-state index is -0.369. The Labute approximate surface area is 374 Å². The van der Waals surface area contributed by atoms with Gasteiger partial charge < -0.3 is 28.4 Å². The zero-order chi connectivity index (χ0) is 44.3. The molecule has 1 aliphatic carbocycles. The summed E-state index contributed by atoms with van der Waals surface area (Å²) in [7, 11) is 1.71. The van der Waals surface area contributed by atoms with Gasteiger partial charge in [0.15, 0.2) is 12.6 Å². The van der Waals surface area contributed by atoms with Crippen molar-refractivity contribution in [1.29, 1.82) is 0 Å². The summed E-state index contributed by atoms with van der Waals surface area (Å²) >= 11 is 6.77. The fourth-order valence-electron chi connectivity index (χ4n) is 11.3. The highest BCUT2D eigenvalue weighted by molar-refractivity contribution is 6.18. The van der Waals surface area contributed by atoms with E-state index in [0.717, 1.165) is 48.2 Å². The second-order valence-corrected chi connectivity index (χ2v) is 20.5. The lowest BCUT2D eigenvalue weighted by Gasteiger charge is -2.47. The molecular formula is C46H76ClN9O6. The number of hydrogen-bond donors (Lipinski definition) is 0. The van der Waals surface area contributed by atoms with E-state index < -0.39 is 0 Å². The number of nitrogens with zero attached hydrogens (tertiary/aromatic N) is 9. The molecule has 6 heterocycles. The van der Waals surface area contributed by atoms with Gasteiger partial charge in [-0.2, -0.15) is 0 Å². The number of halogens is 1. The molecule has 348 valence electrons. The van der Waals surface area contributed by atoms with Crippen molar-refractivity contribution in [3.8, 4) is 0 Å². The van der Waals surface area contributed by atoms with Crippen LogP contribution in [0.5, 0.6) is 0 Å². The highest BCUT2D eigenvalue weighted by Crippen LogP contribution is 2.50. The Morgan fingerprint density at radius 3 is 1.82 bits per heavy atom. The van der Waals surface area contributed by atoms with E-state index in [4.69, 9.17) is 40.0 Å². The van der Waals surface area contributed by atoms with Crippen LogP contribution in [0.4, 0.5) is 0 Å². The van der Waals surface area contributed by atoms with E-state index >= 15 is 0 Å². The van der Waals surface area contributed by atoms with Crippen molar-refractivity contribution in [2.45, 2.75) is 177 Å². The standard InChI is InChI=1S/C46H76ClN9O6/c1-12-36-15-37(33(8)30(5)32(36)7)16-46(26-47)29(4)14-41(62-46)20-54-17-38(48-51-54)23-58-24-39-18-55(52-49-39)21-42-27(2)13-28(3)44(60-42)59-25-40-19-56(53-50-40)22-43-34(9)31(6)35(10)45(57-11)61-43/h17-19,27-37,41-45H,12-16,20-26H2,1-11H3/t27-,28+,29-,30+,31-,32-,33+,34-,35+,36-,37?,41-,42+,43+,44-,45-,46+/m1/s1. The van der Waals surface area contributed by atoms with Crippen molar-refractivity contribution >= 4 is 11.6 Å². The van der Waals surface area contributed by atoms with Gasteiger partial charge in [-0.25, -0.2) is 14.0 Å². The Morgan fingerprint density at radius 2 is 1.21 bits per heavy atom. The molecule has 4 fully saturated rings. The Kier molecular flexibility index (Phi) is 15.9. The second-order valence-electron chi connectivity index (χ2n) is 20.2. The minimum absolute atomic E-state index is 0.00999. The summed E-state index contributed by atoms with van der Waals surface area (Å²) < 4.78 is 43.2. The van der Waals surface area contributed by atoms with Crippen LogP contribution in [-0.4, -0.2) is 94.5 Å². The van der Waals surface area contributed by atoms with Crippen LogP contribution < -0.4 is 0 Å². The fraction of sp³-hybridized carbons (Fsp3) is 0.870. The van der Waals surface area contributed by atoms with Crippen LogP contribution in [0.25, 0.3) is 0 Å². The van der Waals surface area contributed by atoms with Crippen molar-refractivity contribution in [3.63, 3.8) is 0 Å². The van der Waals surface area contributed by atoms with Crippen LogP contribution in [0.1, 0.15) is 118 Å². The predicted octanol–water partition coefficient (Wildman–Crippen LogP) is 7.81. The first-order valence-corrected chi connectivity index (χ1v) is 24.2. The molecule has 7 rings (SSSR count). The van der Waals surface area contributed by atoms with Crippen LogP contribution in [0.3, 0.4) is 0 Å². The summed E-state index contributed by atoms with van der Waals surface area (Å²) in [6, 6.07) is 0. The van der Waals surface area contributed by atoms with Gasteiger partial charge in [0.2, 0.25) is 0 Å². The number of rotatable bonds is 18. The van der Waals surface area contributed by atoms with Crippen molar-refractivity contribution < 1.29 is 28.4 Å². The number of aromatic nitrogens is 9. The Morgan fingerprint density at radius 1 is 0.645 bits per heavy atom. The normalized spacial score (nSPS) is 39.1. The van der Waals surface area contributed by atoms with E-state index in [0.29, 0.717) is 92.7 Å². The highest BCUT2D eigenvalue weighted by atomic mass is 35.5. The average Bonchev–Trinajstić information content (AvgIpc) is 4.07. The molecular weight excluding hydrogens is 810 g/mol. The molecule has 3 aromatic rings. The van der Waals surface area contributed by atoms with Crippen molar-refractivity contribution in [1.82, 2.24) is 45.0 Å². The van der Waals surface area contributed by atoms with Crippen molar-refractivity contribution in [2.75, 3.05) is 13.0 Å². The SMILES string of the molecule is CC[C@@H]1CC(C[C@@]2(CCl)O[C@@H](Cn3cc(COCc4cn(C[C@@H]5O[C@@H](OCc6cn(C[C@@H]7O[C@@H](OC)[C@@H](C)[C@H](C)[C@H]7C)nn6)[C@@H](C)C[C@H]5C)nn4)nn3)C[C@H]2C)[C@@H](C)[C@@H](C)[C@H]1C. The first kappa shape index (κ1) is 47.4. The van der Waals surface area contributed by atoms with Gasteiger partial charge in [-0.1, -0.05) is 91.3 Å². The van der Waals surface area contributed by atoms with E-state index in [1.807, 2.05) is 32.6 Å². The molecule has 0 N–H and O–H groups in total. The maximum atomic E-state index is 6.89. The molecule has 62 heavy (non-hydrogen) atoms. The highest BCUT2D eigenvalue weighted by Gasteiger charge is 2.50. The van der Waals surface area contributed by atoms with Crippen LogP contribution in [0.2, 0.25) is 0 Å². The molecule has 0 spiro atoms. The molecule has 1 saturated carbocycles. The lowest BCUT2D eigenvalue weighted by atomic mass is 9.60. The number of alkyl halides is 1. The van der Waals surface area contributed by atoms with E-state index in [1.165, 1.54) is 12.8 Å². The molecule has 0 aromatic carbocycles. The number of ether oxygens (including phenoxy) is 6. The molecule has 0 radical (unpaired) electrons. The summed E-state index contributed by atoms with van der Waals surface area (Å²) in [5.74, 6) is 6.17. The molecule has 15 nitrogen and oxygen atoms in total. The molecule has 3 aromatic heterocycles. The maximum Gasteiger partial charge on any atom is 0.161 e. The first-order chi connectivity index (χ1) is 29.7. The van der Waals surface area contributed by atoms with E-state index in [2.05, 4.69) is 100 Å². The van der Waals surface area contributed by atoms with Gasteiger partial charge in [-0.3, -0.25) is 0 Å². The number of hydrogen-bond acceptors (Lipinski definition) is 12. The Bertz CT molecular complexity index is 1840. The first-order valence-electron chi connectivity index (χ1n) is 23.6. The van der Waals surface area contributed by atoms with E-state index in [9.17, 15) is 0 Å². The topological polar surface area (TPSA) is 148 Å². The average molecular weight is 887 g/mol. The van der Waals surface area contributed by atoms with Gasteiger partial charge in [0.25, 0.3) is 0 Å². The molecule has 16 heteroatoms. The van der Waals surface area contributed by atoms with Crippen LogP contribution in [-0.2, 0) is 67.9 Å². The molecule has 3 saturated heterocycles. The van der Waals surface area contributed by atoms with Gasteiger partial charge in [0.05, 0.1) is 87.8 Å². The van der Waals surface area contributed by atoms with Crippen molar-refractivity contribution in [3.05, 3.63) is 35.7 Å². The van der Waals surface area contributed by atoms with Crippen LogP contribution >= 0.6 is 11.6 Å². The lowest BCUT2D eigenvalue weighted by molar-refractivity contribution is -0.241. The summed E-state index contributed by atoms with van der Waals surface area (Å²) in [6.07, 6.45) is 10.7. The zero-order valence-corrected chi connectivity index (χ0v) is 40.1. The Balaban J connectivity index is 0.840.